The van der Waals surface area contributed by atoms with E-state index >= 15 is 0 Å². The number of Topliss-reactive ketones (excluding diaryl/α,β-unsaturated/α-hetero) is 1. The number of carbonyl (C=O) groups is 2. The van der Waals surface area contributed by atoms with Gasteiger partial charge in [0.15, 0.2) is 5.78 Å². The van der Waals surface area contributed by atoms with Crippen LogP contribution in [-0.2, 0) is 28.6 Å². The van der Waals surface area contributed by atoms with Gasteiger partial charge in [0, 0.05) is 13.3 Å². The Hall–Kier alpha value is -1.73. The second-order valence-corrected chi connectivity index (χ2v) is 6.48. The van der Waals surface area contributed by atoms with Crippen LogP contribution in [-0.4, -0.2) is 33.4 Å². The summed E-state index contributed by atoms with van der Waals surface area (Å²) >= 11 is 0. The second-order valence-electron chi connectivity index (χ2n) is 4.87. The maximum absolute atomic E-state index is 11.9. The molecule has 0 fully saturated rings. The molecule has 0 spiro atoms. The molecule has 1 aromatic rings. The van der Waals surface area contributed by atoms with Crippen LogP contribution < -0.4 is 0 Å². The van der Waals surface area contributed by atoms with Gasteiger partial charge in [-0.15, -0.1) is 0 Å². The summed E-state index contributed by atoms with van der Waals surface area (Å²) in [7, 11) is -3.75. The molecule has 0 aliphatic carbocycles. The lowest BCUT2D eigenvalue weighted by molar-refractivity contribution is -0.145. The van der Waals surface area contributed by atoms with Crippen molar-refractivity contribution in [2.75, 3.05) is 13.2 Å². The highest BCUT2D eigenvalue weighted by atomic mass is 32.2. The first-order valence-electron chi connectivity index (χ1n) is 6.92. The highest BCUT2D eigenvalue weighted by molar-refractivity contribution is 7.86. The summed E-state index contributed by atoms with van der Waals surface area (Å²) in [5.41, 5.74) is 0.963. The number of ketones is 1. The summed E-state index contributed by atoms with van der Waals surface area (Å²) in [6, 6.07) is 6.38. The third-order valence-corrected chi connectivity index (χ3v) is 4.16. The van der Waals surface area contributed by atoms with Crippen LogP contribution in [0.3, 0.4) is 0 Å². The summed E-state index contributed by atoms with van der Waals surface area (Å²) < 4.78 is 33.2. The van der Waals surface area contributed by atoms with Gasteiger partial charge >= 0.3 is 5.97 Å². The van der Waals surface area contributed by atoms with Crippen molar-refractivity contribution in [2.45, 2.75) is 38.0 Å². The first-order chi connectivity index (χ1) is 10.3. The van der Waals surface area contributed by atoms with Crippen molar-refractivity contribution in [3.8, 4) is 0 Å². The molecular weight excluding hydrogens is 308 g/mol. The van der Waals surface area contributed by atoms with Crippen molar-refractivity contribution < 1.29 is 26.9 Å². The molecule has 6 nitrogen and oxygen atoms in total. The fourth-order valence-electron chi connectivity index (χ4n) is 1.62. The van der Waals surface area contributed by atoms with Crippen LogP contribution in [0.15, 0.2) is 29.2 Å². The van der Waals surface area contributed by atoms with Crippen LogP contribution in [0.2, 0.25) is 0 Å². The van der Waals surface area contributed by atoms with Gasteiger partial charge in [-0.2, -0.15) is 8.42 Å². The normalized spacial score (nSPS) is 11.2. The van der Waals surface area contributed by atoms with Gasteiger partial charge in [-0.3, -0.25) is 13.8 Å². The van der Waals surface area contributed by atoms with Crippen LogP contribution in [0.5, 0.6) is 0 Å². The van der Waals surface area contributed by atoms with E-state index in [9.17, 15) is 18.0 Å². The number of benzene rings is 1. The third kappa shape index (κ3) is 6.82. The molecular formula is C15H20O6S. The Kier molecular flexibility index (Phi) is 7.20. The van der Waals surface area contributed by atoms with E-state index in [4.69, 9.17) is 4.18 Å². The summed E-state index contributed by atoms with van der Waals surface area (Å²) in [5.74, 6) is -0.697. The molecule has 0 atom stereocenters. The quantitative estimate of drug-likeness (QED) is 0.391. The smallest absolute Gasteiger partial charge is 0.303 e. The largest absolute Gasteiger partial charge is 0.458 e. The Bertz CT molecular complexity index is 603. The molecule has 0 aromatic heterocycles. The number of carbonyl (C=O) groups excluding carboxylic acids is 2. The molecule has 1 rings (SSSR count). The molecule has 1 aromatic carbocycles. The molecule has 0 saturated carbocycles. The molecule has 7 heteroatoms. The van der Waals surface area contributed by atoms with Crippen LogP contribution >= 0.6 is 0 Å². The Morgan fingerprint density at radius 1 is 1.09 bits per heavy atom. The highest BCUT2D eigenvalue weighted by Crippen LogP contribution is 2.13. The molecule has 0 aliphatic rings. The average Bonchev–Trinajstić information content (AvgIpc) is 2.45. The van der Waals surface area contributed by atoms with E-state index in [-0.39, 0.29) is 30.3 Å². The molecule has 0 N–H and O–H groups in total. The Morgan fingerprint density at radius 2 is 1.73 bits per heavy atom. The lowest BCUT2D eigenvalue weighted by atomic mass is 10.2. The van der Waals surface area contributed by atoms with Gasteiger partial charge in [0.25, 0.3) is 10.1 Å². The van der Waals surface area contributed by atoms with E-state index in [0.717, 1.165) is 5.56 Å². The van der Waals surface area contributed by atoms with Crippen LogP contribution in [0, 0.1) is 6.92 Å². The Balaban J connectivity index is 2.28. The molecule has 0 bridgehead atoms. The van der Waals surface area contributed by atoms with Crippen molar-refractivity contribution in [3.05, 3.63) is 29.8 Å². The van der Waals surface area contributed by atoms with Crippen molar-refractivity contribution in [2.24, 2.45) is 0 Å². The minimum atomic E-state index is -3.75. The molecule has 122 valence electrons. The van der Waals surface area contributed by atoms with Gasteiger partial charge in [-0.25, -0.2) is 0 Å². The Morgan fingerprint density at radius 3 is 2.32 bits per heavy atom. The summed E-state index contributed by atoms with van der Waals surface area (Å²) in [4.78, 5) is 22.0. The van der Waals surface area contributed by atoms with Gasteiger partial charge in [0.2, 0.25) is 0 Å². The molecule has 0 saturated heterocycles. The minimum absolute atomic E-state index is 0.0110. The highest BCUT2D eigenvalue weighted by Gasteiger charge is 2.14. The number of hydrogen-bond donors (Lipinski definition) is 0. The van der Waals surface area contributed by atoms with E-state index in [2.05, 4.69) is 4.74 Å². The van der Waals surface area contributed by atoms with Crippen molar-refractivity contribution >= 4 is 21.9 Å². The van der Waals surface area contributed by atoms with E-state index in [1.165, 1.54) is 19.1 Å². The van der Waals surface area contributed by atoms with Crippen molar-refractivity contribution in [1.29, 1.82) is 0 Å². The summed E-state index contributed by atoms with van der Waals surface area (Å²) in [6.07, 6.45) is 1.13. The molecule has 0 unspecified atom stereocenters. The fourth-order valence-corrected chi connectivity index (χ4v) is 2.56. The molecule has 0 amide bonds. The predicted octanol–water partition coefficient (Wildman–Crippen LogP) is 2.00. The summed E-state index contributed by atoms with van der Waals surface area (Å²) in [5, 5.41) is 0. The zero-order valence-electron chi connectivity index (χ0n) is 12.7. The first kappa shape index (κ1) is 18.3. The Labute approximate surface area is 130 Å². The second kappa shape index (κ2) is 8.65. The van der Waals surface area contributed by atoms with E-state index in [1.807, 2.05) is 6.92 Å². The average molecular weight is 328 g/mol. The standard InChI is InChI=1S/C15H20O6S/c1-12-6-8-15(9-7-12)22(18,19)21-10-4-3-5-14(17)11-20-13(2)16/h6-9H,3-5,10-11H2,1-2H3. The lowest BCUT2D eigenvalue weighted by Crippen LogP contribution is -2.12. The number of ether oxygens (including phenoxy) is 1. The SMILES string of the molecule is CC(=O)OCC(=O)CCCCOS(=O)(=O)c1ccc(C)cc1. The zero-order valence-corrected chi connectivity index (χ0v) is 13.5. The van der Waals surface area contributed by atoms with Crippen LogP contribution in [0.25, 0.3) is 0 Å². The number of unbranched alkanes of at least 4 members (excludes halogenated alkanes) is 1. The minimum Gasteiger partial charge on any atom is -0.458 e. The van der Waals surface area contributed by atoms with E-state index in [1.54, 1.807) is 12.1 Å². The van der Waals surface area contributed by atoms with Gasteiger partial charge in [-0.05, 0) is 31.9 Å². The predicted molar refractivity (Wildman–Crippen MR) is 79.8 cm³/mol. The maximum Gasteiger partial charge on any atom is 0.303 e. The zero-order chi connectivity index (χ0) is 16.6. The fraction of sp³-hybridized carbons (Fsp3) is 0.467. The van der Waals surface area contributed by atoms with Crippen molar-refractivity contribution in [1.82, 2.24) is 0 Å². The molecule has 0 radical (unpaired) electrons. The topological polar surface area (TPSA) is 86.7 Å². The maximum atomic E-state index is 11.9. The summed E-state index contributed by atoms with van der Waals surface area (Å²) in [6.45, 7) is 2.87. The van der Waals surface area contributed by atoms with E-state index < -0.39 is 16.1 Å². The van der Waals surface area contributed by atoms with E-state index in [0.29, 0.717) is 12.8 Å². The number of aryl methyl sites for hydroxylation is 1. The third-order valence-electron chi connectivity index (χ3n) is 2.83. The number of esters is 1. The van der Waals surface area contributed by atoms with Crippen molar-refractivity contribution in [3.63, 3.8) is 0 Å². The number of hydrogen-bond acceptors (Lipinski definition) is 6. The number of rotatable bonds is 9. The lowest BCUT2D eigenvalue weighted by Gasteiger charge is -2.06. The van der Waals surface area contributed by atoms with Gasteiger partial charge < -0.3 is 4.74 Å². The van der Waals surface area contributed by atoms with Gasteiger partial charge in [0.05, 0.1) is 11.5 Å². The molecule has 0 heterocycles. The van der Waals surface area contributed by atoms with Crippen LogP contribution in [0.1, 0.15) is 31.7 Å². The molecule has 22 heavy (non-hydrogen) atoms. The molecule has 0 aliphatic heterocycles. The first-order valence-corrected chi connectivity index (χ1v) is 8.33. The monoisotopic (exact) mass is 328 g/mol. The van der Waals surface area contributed by atoms with Gasteiger partial charge in [-0.1, -0.05) is 17.7 Å². The van der Waals surface area contributed by atoms with Gasteiger partial charge in [0.1, 0.15) is 6.61 Å². The van der Waals surface area contributed by atoms with Crippen LogP contribution in [0.4, 0.5) is 0 Å².